The summed E-state index contributed by atoms with van der Waals surface area (Å²) >= 11 is 3.49. The summed E-state index contributed by atoms with van der Waals surface area (Å²) in [5.41, 5.74) is 1.45. The Balaban J connectivity index is 1.95. The molecule has 0 aromatic heterocycles. The van der Waals surface area contributed by atoms with Crippen molar-refractivity contribution in [3.8, 4) is 0 Å². The molecule has 0 bridgehead atoms. The summed E-state index contributed by atoms with van der Waals surface area (Å²) in [6, 6.07) is 6.27. The van der Waals surface area contributed by atoms with E-state index in [1.165, 1.54) is 90.4 Å². The van der Waals surface area contributed by atoms with Gasteiger partial charge in [0.05, 0.1) is 0 Å². The smallest absolute Gasteiger partial charge is 0.325 e. The van der Waals surface area contributed by atoms with E-state index in [4.69, 9.17) is 5.11 Å². The maximum atomic E-state index is 12.0. The average molecular weight is 512 g/mol. The Morgan fingerprint density at radius 1 is 0.781 bits per heavy atom. The number of anilines is 1. The first-order chi connectivity index (χ1) is 15.5. The SMILES string of the molecule is C[C@H](NC(=O)c1ccc(NCCCCCCCCCCCCCCCCBr)cc1)C(=O)O. The highest BCUT2D eigenvalue weighted by Gasteiger charge is 2.14. The summed E-state index contributed by atoms with van der Waals surface area (Å²) < 4.78 is 0. The minimum absolute atomic E-state index is 0.368. The number of benzene rings is 1. The molecule has 0 heterocycles. The lowest BCUT2D eigenvalue weighted by Crippen LogP contribution is -2.38. The normalized spacial score (nSPS) is 11.8. The molecule has 0 fully saturated rings. The Bertz CT molecular complexity index is 622. The lowest BCUT2D eigenvalue weighted by molar-refractivity contribution is -0.138. The summed E-state index contributed by atoms with van der Waals surface area (Å²) in [6.45, 7) is 2.38. The molecule has 0 aliphatic heterocycles. The van der Waals surface area contributed by atoms with Gasteiger partial charge in [-0.15, -0.1) is 0 Å². The van der Waals surface area contributed by atoms with Gasteiger partial charge in [0.15, 0.2) is 0 Å². The molecule has 0 spiro atoms. The van der Waals surface area contributed by atoms with E-state index in [9.17, 15) is 9.59 Å². The lowest BCUT2D eigenvalue weighted by atomic mass is 10.0. The van der Waals surface area contributed by atoms with Crippen LogP contribution >= 0.6 is 15.9 Å². The van der Waals surface area contributed by atoms with Gasteiger partial charge in [-0.05, 0) is 44.0 Å². The number of hydrogen-bond acceptors (Lipinski definition) is 3. The number of carbonyl (C=O) groups is 2. The van der Waals surface area contributed by atoms with Crippen LogP contribution in [0.2, 0.25) is 0 Å². The predicted octanol–water partition coefficient (Wildman–Crippen LogP) is 7.16. The Hall–Kier alpha value is -1.56. The summed E-state index contributed by atoms with van der Waals surface area (Å²) in [6.07, 6.45) is 18.9. The number of aliphatic carboxylic acids is 1. The molecule has 1 aromatic rings. The van der Waals surface area contributed by atoms with E-state index < -0.39 is 12.0 Å². The van der Waals surface area contributed by atoms with Crippen molar-refractivity contribution in [3.05, 3.63) is 29.8 Å². The van der Waals surface area contributed by atoms with Crippen LogP contribution in [0.25, 0.3) is 0 Å². The van der Waals surface area contributed by atoms with Crippen molar-refractivity contribution in [2.24, 2.45) is 0 Å². The number of amides is 1. The molecular formula is C26H43BrN2O3. The molecule has 1 rings (SSSR count). The van der Waals surface area contributed by atoms with Crippen molar-refractivity contribution in [3.63, 3.8) is 0 Å². The number of hydrogen-bond donors (Lipinski definition) is 3. The third-order valence-corrected chi connectivity index (χ3v) is 6.32. The maximum absolute atomic E-state index is 12.0. The Kier molecular flexibility index (Phi) is 16.9. The lowest BCUT2D eigenvalue weighted by Gasteiger charge is -2.10. The first-order valence-electron chi connectivity index (χ1n) is 12.5. The topological polar surface area (TPSA) is 78.4 Å². The van der Waals surface area contributed by atoms with E-state index in [0.29, 0.717) is 5.56 Å². The van der Waals surface area contributed by atoms with Crippen LogP contribution in [0.4, 0.5) is 5.69 Å². The van der Waals surface area contributed by atoms with Crippen molar-refractivity contribution in [2.45, 2.75) is 103 Å². The van der Waals surface area contributed by atoms with Crippen LogP contribution in [-0.4, -0.2) is 34.9 Å². The molecule has 6 heteroatoms. The molecule has 1 aromatic carbocycles. The maximum Gasteiger partial charge on any atom is 0.325 e. The predicted molar refractivity (Wildman–Crippen MR) is 138 cm³/mol. The number of rotatable bonds is 20. The number of carbonyl (C=O) groups excluding carboxylic acids is 1. The van der Waals surface area contributed by atoms with Gasteiger partial charge in [0.2, 0.25) is 0 Å². The van der Waals surface area contributed by atoms with Gasteiger partial charge in [-0.3, -0.25) is 9.59 Å². The van der Waals surface area contributed by atoms with E-state index in [2.05, 4.69) is 26.6 Å². The van der Waals surface area contributed by atoms with Gasteiger partial charge < -0.3 is 15.7 Å². The third kappa shape index (κ3) is 14.5. The van der Waals surface area contributed by atoms with Gasteiger partial charge in [-0.1, -0.05) is 93.0 Å². The fourth-order valence-corrected chi connectivity index (χ4v) is 4.05. The minimum atomic E-state index is -1.04. The molecule has 0 aliphatic carbocycles. The fraction of sp³-hybridized carbons (Fsp3) is 0.692. The largest absolute Gasteiger partial charge is 0.480 e. The van der Waals surface area contributed by atoms with E-state index in [1.807, 2.05) is 12.1 Å². The molecule has 0 aliphatic rings. The van der Waals surface area contributed by atoms with Crippen molar-refractivity contribution < 1.29 is 14.7 Å². The molecule has 5 nitrogen and oxygen atoms in total. The molecule has 1 atom stereocenters. The second-order valence-corrected chi connectivity index (χ2v) is 9.47. The summed E-state index contributed by atoms with van der Waals surface area (Å²) in [5.74, 6) is -1.41. The zero-order chi connectivity index (χ0) is 23.4. The number of nitrogens with one attached hydrogen (secondary N) is 2. The number of carboxylic acid groups (broad SMARTS) is 1. The highest BCUT2D eigenvalue weighted by atomic mass is 79.9. The van der Waals surface area contributed by atoms with Gasteiger partial charge >= 0.3 is 5.97 Å². The van der Waals surface area contributed by atoms with Crippen molar-refractivity contribution in [2.75, 3.05) is 17.2 Å². The van der Waals surface area contributed by atoms with Crippen LogP contribution in [0.3, 0.4) is 0 Å². The van der Waals surface area contributed by atoms with Gasteiger partial charge in [-0.2, -0.15) is 0 Å². The summed E-state index contributed by atoms with van der Waals surface area (Å²) in [5, 5.41) is 15.9. The number of unbranched alkanes of at least 4 members (excludes halogenated alkanes) is 13. The van der Waals surface area contributed by atoms with Gasteiger partial charge in [0, 0.05) is 23.1 Å². The van der Waals surface area contributed by atoms with Gasteiger partial charge in [0.1, 0.15) is 6.04 Å². The van der Waals surface area contributed by atoms with Gasteiger partial charge in [-0.25, -0.2) is 0 Å². The van der Waals surface area contributed by atoms with E-state index in [1.54, 1.807) is 12.1 Å². The summed E-state index contributed by atoms with van der Waals surface area (Å²) in [7, 11) is 0. The molecular weight excluding hydrogens is 468 g/mol. The van der Waals surface area contributed by atoms with E-state index >= 15 is 0 Å². The van der Waals surface area contributed by atoms with E-state index in [0.717, 1.165) is 24.0 Å². The molecule has 0 radical (unpaired) electrons. The van der Waals surface area contributed by atoms with Crippen LogP contribution in [-0.2, 0) is 4.79 Å². The zero-order valence-electron chi connectivity index (χ0n) is 19.8. The molecule has 182 valence electrons. The van der Waals surface area contributed by atoms with Crippen LogP contribution < -0.4 is 10.6 Å². The number of carboxylic acids is 1. The average Bonchev–Trinajstić information content (AvgIpc) is 2.79. The quantitative estimate of drug-likeness (QED) is 0.128. The second kappa shape index (κ2) is 19.0. The molecule has 3 N–H and O–H groups in total. The molecule has 0 saturated heterocycles. The number of halogens is 1. The monoisotopic (exact) mass is 510 g/mol. The van der Waals surface area contributed by atoms with Crippen LogP contribution in [0, 0.1) is 0 Å². The second-order valence-electron chi connectivity index (χ2n) is 8.68. The minimum Gasteiger partial charge on any atom is -0.480 e. The standard InChI is InChI=1S/C26H43BrN2O3/c1-22(26(31)32)29-25(30)23-16-18-24(19-17-23)28-21-15-13-11-9-7-5-3-2-4-6-8-10-12-14-20-27/h16-19,22,28H,2-15,20-21H2,1H3,(H,29,30)(H,31,32)/t22-/m0/s1. The first-order valence-corrected chi connectivity index (χ1v) is 13.6. The molecule has 0 unspecified atom stereocenters. The highest BCUT2D eigenvalue weighted by molar-refractivity contribution is 9.09. The van der Waals surface area contributed by atoms with Crippen molar-refractivity contribution in [1.82, 2.24) is 5.32 Å². The van der Waals surface area contributed by atoms with Crippen LogP contribution in [0.15, 0.2) is 24.3 Å². The highest BCUT2D eigenvalue weighted by Crippen LogP contribution is 2.14. The van der Waals surface area contributed by atoms with Crippen LogP contribution in [0.5, 0.6) is 0 Å². The Morgan fingerprint density at radius 2 is 1.22 bits per heavy atom. The Labute approximate surface area is 203 Å². The number of alkyl halides is 1. The zero-order valence-corrected chi connectivity index (χ0v) is 21.4. The summed E-state index contributed by atoms with van der Waals surface area (Å²) in [4.78, 5) is 22.8. The molecule has 0 saturated carbocycles. The molecule has 32 heavy (non-hydrogen) atoms. The van der Waals surface area contributed by atoms with Crippen molar-refractivity contribution >= 4 is 33.5 Å². The van der Waals surface area contributed by atoms with Gasteiger partial charge in [0.25, 0.3) is 5.91 Å². The fourth-order valence-electron chi connectivity index (χ4n) is 3.65. The van der Waals surface area contributed by atoms with E-state index in [-0.39, 0.29) is 5.91 Å². The first kappa shape index (κ1) is 28.5. The van der Waals surface area contributed by atoms with Crippen LogP contribution in [0.1, 0.15) is 107 Å². The third-order valence-electron chi connectivity index (χ3n) is 5.75. The van der Waals surface area contributed by atoms with Crippen molar-refractivity contribution in [1.29, 1.82) is 0 Å². The molecule has 1 amide bonds. The Morgan fingerprint density at radius 3 is 1.66 bits per heavy atom.